The predicted molar refractivity (Wildman–Crippen MR) is 59.2 cm³/mol. The summed E-state index contributed by atoms with van der Waals surface area (Å²) in [5, 5.41) is 5.55. The van der Waals surface area contributed by atoms with Gasteiger partial charge in [0, 0.05) is 30.0 Å². The Morgan fingerprint density at radius 3 is 3.06 bits per heavy atom. The maximum atomic E-state index is 12.7. The van der Waals surface area contributed by atoms with Gasteiger partial charge in [0.05, 0.1) is 0 Å². The minimum absolute atomic E-state index is 0.481. The van der Waals surface area contributed by atoms with Crippen molar-refractivity contribution in [3.63, 3.8) is 0 Å². The van der Waals surface area contributed by atoms with E-state index < -0.39 is 6.17 Å². The predicted octanol–water partition coefficient (Wildman–Crippen LogP) is 2.63. The summed E-state index contributed by atoms with van der Waals surface area (Å²) in [5.74, 6) is 0. The van der Waals surface area contributed by atoms with Gasteiger partial charge in [0.25, 0.3) is 0 Å². The molecule has 1 saturated heterocycles. The molecule has 0 saturated carbocycles. The van der Waals surface area contributed by atoms with Crippen molar-refractivity contribution in [2.45, 2.75) is 12.7 Å². The molecule has 3 nitrogen and oxygen atoms in total. The number of aromatic nitrogens is 1. The molecule has 0 atom stereocenters. The van der Waals surface area contributed by atoms with Crippen LogP contribution in [0.5, 0.6) is 0 Å². The number of alkyl halides is 1. The molecule has 1 aromatic carbocycles. The lowest BCUT2D eigenvalue weighted by atomic mass is 10.1. The van der Waals surface area contributed by atoms with E-state index in [1.807, 2.05) is 11.0 Å². The van der Waals surface area contributed by atoms with Crippen LogP contribution in [0.1, 0.15) is 5.69 Å². The smallest absolute Gasteiger partial charge is 0.167 e. The van der Waals surface area contributed by atoms with Gasteiger partial charge in [-0.1, -0.05) is 16.8 Å². The summed E-state index contributed by atoms with van der Waals surface area (Å²) in [6.07, 6.45) is -0.693. The number of nitrogens with zero attached hydrogens (tertiary/aromatic N) is 2. The molecule has 2 aromatic rings. The van der Waals surface area contributed by atoms with Gasteiger partial charge in [0.1, 0.15) is 11.9 Å². The van der Waals surface area contributed by atoms with Crippen LogP contribution in [0.4, 0.5) is 4.39 Å². The second kappa shape index (κ2) is 3.71. The van der Waals surface area contributed by atoms with Crippen LogP contribution in [0, 0.1) is 0 Å². The molecule has 0 N–H and O–H groups in total. The second-order valence-corrected chi connectivity index (χ2v) is 4.50. The van der Waals surface area contributed by atoms with Gasteiger partial charge >= 0.3 is 0 Å². The lowest BCUT2D eigenvalue weighted by molar-refractivity contribution is 0.0575. The van der Waals surface area contributed by atoms with Crippen LogP contribution in [0.15, 0.2) is 22.7 Å². The number of likely N-dealkylation sites (tertiary alicyclic amines) is 1. The molecule has 2 heterocycles. The molecule has 0 bridgehead atoms. The topological polar surface area (TPSA) is 29.3 Å². The van der Waals surface area contributed by atoms with Crippen LogP contribution in [-0.4, -0.2) is 29.3 Å². The van der Waals surface area contributed by atoms with Gasteiger partial charge in [-0.15, -0.1) is 0 Å². The van der Waals surface area contributed by atoms with E-state index in [9.17, 15) is 4.39 Å². The first kappa shape index (κ1) is 10.1. The van der Waals surface area contributed by atoms with E-state index in [-0.39, 0.29) is 0 Å². The zero-order valence-electron chi connectivity index (χ0n) is 8.49. The van der Waals surface area contributed by atoms with Crippen LogP contribution in [-0.2, 0) is 6.54 Å². The van der Waals surface area contributed by atoms with Crippen LogP contribution in [0.3, 0.4) is 0 Å². The Hall–Kier alpha value is -1.13. The van der Waals surface area contributed by atoms with Crippen LogP contribution >= 0.6 is 11.6 Å². The van der Waals surface area contributed by atoms with E-state index in [0.717, 1.165) is 16.7 Å². The Bertz CT molecular complexity index is 522. The SMILES string of the molecule is FC1CN(Cc2noc3ccc(Cl)cc23)C1. The van der Waals surface area contributed by atoms with Crippen molar-refractivity contribution >= 4 is 22.6 Å². The van der Waals surface area contributed by atoms with E-state index in [4.69, 9.17) is 16.1 Å². The standard InChI is InChI=1S/C11H10ClFN2O/c12-7-1-2-11-9(3-7)10(14-16-11)6-15-4-8(13)5-15/h1-3,8H,4-6H2. The molecule has 0 spiro atoms. The molecule has 5 heteroatoms. The monoisotopic (exact) mass is 240 g/mol. The molecule has 3 rings (SSSR count). The molecule has 84 valence electrons. The van der Waals surface area contributed by atoms with Gasteiger partial charge in [-0.2, -0.15) is 0 Å². The summed E-state index contributed by atoms with van der Waals surface area (Å²) >= 11 is 5.91. The van der Waals surface area contributed by atoms with E-state index >= 15 is 0 Å². The number of rotatable bonds is 2. The third-order valence-electron chi connectivity index (χ3n) is 2.79. The third kappa shape index (κ3) is 1.68. The minimum Gasteiger partial charge on any atom is -0.356 e. The van der Waals surface area contributed by atoms with E-state index in [2.05, 4.69) is 5.16 Å². The van der Waals surface area contributed by atoms with Crippen LogP contribution in [0.2, 0.25) is 5.02 Å². The minimum atomic E-state index is -0.693. The average molecular weight is 241 g/mol. The number of hydrogen-bond acceptors (Lipinski definition) is 3. The maximum Gasteiger partial charge on any atom is 0.167 e. The molecule has 1 aromatic heterocycles. The van der Waals surface area contributed by atoms with Gasteiger partial charge in [-0.05, 0) is 18.2 Å². The molecular weight excluding hydrogens is 231 g/mol. The normalized spacial score (nSPS) is 17.9. The zero-order chi connectivity index (χ0) is 11.1. The lowest BCUT2D eigenvalue weighted by Gasteiger charge is -2.33. The van der Waals surface area contributed by atoms with Crippen molar-refractivity contribution in [3.05, 3.63) is 28.9 Å². The first-order chi connectivity index (χ1) is 7.72. The Kier molecular flexibility index (Phi) is 2.33. The molecular formula is C11H10ClFN2O. The highest BCUT2D eigenvalue weighted by Crippen LogP contribution is 2.25. The highest BCUT2D eigenvalue weighted by molar-refractivity contribution is 6.31. The van der Waals surface area contributed by atoms with Crippen molar-refractivity contribution in [1.29, 1.82) is 0 Å². The summed E-state index contributed by atoms with van der Waals surface area (Å²) < 4.78 is 17.8. The van der Waals surface area contributed by atoms with Crippen LogP contribution in [0.25, 0.3) is 11.0 Å². The highest BCUT2D eigenvalue weighted by atomic mass is 35.5. The van der Waals surface area contributed by atoms with Gasteiger partial charge < -0.3 is 4.52 Å². The highest BCUT2D eigenvalue weighted by Gasteiger charge is 2.27. The van der Waals surface area contributed by atoms with Gasteiger partial charge in [-0.25, -0.2) is 4.39 Å². The summed E-state index contributed by atoms with van der Waals surface area (Å²) in [7, 11) is 0. The first-order valence-electron chi connectivity index (χ1n) is 5.12. The van der Waals surface area contributed by atoms with E-state index in [1.165, 1.54) is 0 Å². The molecule has 1 fully saturated rings. The Morgan fingerprint density at radius 1 is 1.50 bits per heavy atom. The maximum absolute atomic E-state index is 12.7. The summed E-state index contributed by atoms with van der Waals surface area (Å²) in [4.78, 5) is 1.99. The second-order valence-electron chi connectivity index (χ2n) is 4.06. The quantitative estimate of drug-likeness (QED) is 0.808. The van der Waals surface area contributed by atoms with E-state index in [0.29, 0.717) is 24.7 Å². The van der Waals surface area contributed by atoms with Crippen molar-refractivity contribution < 1.29 is 8.91 Å². The molecule has 1 aliphatic heterocycles. The largest absolute Gasteiger partial charge is 0.356 e. The fourth-order valence-electron chi connectivity index (χ4n) is 1.92. The van der Waals surface area contributed by atoms with Crippen molar-refractivity contribution in [2.24, 2.45) is 0 Å². The van der Waals surface area contributed by atoms with Gasteiger partial charge in [-0.3, -0.25) is 4.90 Å². The van der Waals surface area contributed by atoms with Crippen molar-refractivity contribution in [1.82, 2.24) is 10.1 Å². The molecule has 0 aliphatic carbocycles. The molecule has 0 amide bonds. The first-order valence-corrected chi connectivity index (χ1v) is 5.50. The lowest BCUT2D eigenvalue weighted by Crippen LogP contribution is -2.47. The van der Waals surface area contributed by atoms with Crippen molar-refractivity contribution in [2.75, 3.05) is 13.1 Å². The molecule has 16 heavy (non-hydrogen) atoms. The third-order valence-corrected chi connectivity index (χ3v) is 3.03. The number of halogens is 2. The Labute approximate surface area is 96.8 Å². The fourth-order valence-corrected chi connectivity index (χ4v) is 2.09. The Balaban J connectivity index is 1.89. The summed E-state index contributed by atoms with van der Waals surface area (Å²) in [6, 6.07) is 5.39. The number of hydrogen-bond donors (Lipinski definition) is 0. The van der Waals surface area contributed by atoms with Gasteiger partial charge in [0.2, 0.25) is 0 Å². The van der Waals surface area contributed by atoms with Crippen LogP contribution < -0.4 is 0 Å². The van der Waals surface area contributed by atoms with Gasteiger partial charge in [0.15, 0.2) is 5.58 Å². The summed E-state index contributed by atoms with van der Waals surface area (Å²) in [5.41, 5.74) is 1.54. The Morgan fingerprint density at radius 2 is 2.31 bits per heavy atom. The van der Waals surface area contributed by atoms with Crippen molar-refractivity contribution in [3.8, 4) is 0 Å². The average Bonchev–Trinajstić information content (AvgIpc) is 2.59. The molecule has 0 unspecified atom stereocenters. The molecule has 0 radical (unpaired) electrons. The zero-order valence-corrected chi connectivity index (χ0v) is 9.25. The van der Waals surface area contributed by atoms with E-state index in [1.54, 1.807) is 12.1 Å². The summed E-state index contributed by atoms with van der Waals surface area (Å²) in [6.45, 7) is 1.58. The molecule has 1 aliphatic rings. The number of benzene rings is 1. The fraction of sp³-hybridized carbons (Fsp3) is 0.364. The number of fused-ring (bicyclic) bond motifs is 1.